The van der Waals surface area contributed by atoms with Crippen molar-refractivity contribution in [3.8, 4) is 0 Å². The summed E-state index contributed by atoms with van der Waals surface area (Å²) in [6, 6.07) is 6.00. The molecule has 1 unspecified atom stereocenters. The lowest BCUT2D eigenvalue weighted by molar-refractivity contribution is -0.671. The number of rotatable bonds is 4. The maximum absolute atomic E-state index is 17.0. The number of aromatic nitrogens is 1. The first kappa shape index (κ1) is 38.6. The van der Waals surface area contributed by atoms with E-state index in [2.05, 4.69) is 0 Å². The van der Waals surface area contributed by atoms with Crippen LogP contribution in [0.15, 0.2) is 54.3 Å². The van der Waals surface area contributed by atoms with Crippen LogP contribution in [-0.4, -0.2) is 11.8 Å². The zero-order valence-corrected chi connectivity index (χ0v) is 24.2. The summed E-state index contributed by atoms with van der Waals surface area (Å²) in [5.74, 6) is -62.1. The van der Waals surface area contributed by atoms with Crippen molar-refractivity contribution in [2.75, 3.05) is 0 Å². The average molecular weight is 758 g/mol. The van der Waals surface area contributed by atoms with Crippen LogP contribution >= 0.6 is 0 Å². The van der Waals surface area contributed by atoms with Crippen molar-refractivity contribution in [1.82, 2.24) is 5.32 Å². The number of nitrogens with one attached hydrogen (secondary N) is 1. The van der Waals surface area contributed by atoms with Gasteiger partial charge in [-0.05, 0) is 0 Å². The first-order chi connectivity index (χ1) is 23.6. The van der Waals surface area contributed by atoms with Crippen LogP contribution in [0.4, 0.5) is 83.4 Å². The topological polar surface area (TPSA) is 15.9 Å². The van der Waals surface area contributed by atoms with Gasteiger partial charge in [0.2, 0.25) is 5.95 Å². The van der Waals surface area contributed by atoms with Crippen LogP contribution in [0.2, 0.25) is 0 Å². The van der Waals surface area contributed by atoms with Crippen molar-refractivity contribution >= 4 is 22.5 Å². The van der Waals surface area contributed by atoms with E-state index in [0.717, 1.165) is 0 Å². The van der Waals surface area contributed by atoms with Crippen molar-refractivity contribution in [2.45, 2.75) is 5.69 Å². The van der Waals surface area contributed by atoms with E-state index >= 15 is 35.1 Å². The highest BCUT2D eigenvalue weighted by Crippen LogP contribution is 2.41. The molecule has 0 saturated carbocycles. The van der Waals surface area contributed by atoms with E-state index < -0.39 is 139 Å². The van der Waals surface area contributed by atoms with E-state index in [1.807, 2.05) is 42.2 Å². The number of pyridine rings is 1. The van der Waals surface area contributed by atoms with Gasteiger partial charge in [-0.2, -0.15) is 4.39 Å². The Bertz CT molecular complexity index is 1900. The van der Waals surface area contributed by atoms with Gasteiger partial charge in [-0.3, -0.25) is 4.39 Å². The smallest absolute Gasteiger partial charge is 0.223 e. The summed E-state index contributed by atoms with van der Waals surface area (Å²) >= 11 is 0. The highest BCUT2D eigenvalue weighted by atomic mass is 19.2. The van der Waals surface area contributed by atoms with E-state index in [1.165, 1.54) is 0 Å². The summed E-state index contributed by atoms with van der Waals surface area (Å²) in [4.78, 5) is 0. The third-order valence-electron chi connectivity index (χ3n) is 7.59. The first-order valence-electron chi connectivity index (χ1n) is 13.1. The fraction of sp³-hybridized carbons (Fsp3) is 0.0690. The molecule has 0 saturated heterocycles. The van der Waals surface area contributed by atoms with Gasteiger partial charge < -0.3 is 5.32 Å². The Morgan fingerprint density at radius 2 is 0.725 bits per heavy atom. The van der Waals surface area contributed by atoms with Crippen LogP contribution in [0, 0.1) is 87.3 Å². The first-order valence-corrected chi connectivity index (χ1v) is 13.1. The third kappa shape index (κ3) is 5.63. The second-order valence-electron chi connectivity index (χ2n) is 10.3. The van der Waals surface area contributed by atoms with Gasteiger partial charge >= 0.3 is 0 Å². The fourth-order valence-corrected chi connectivity index (χ4v) is 5.39. The number of alkyl halides is 1. The van der Waals surface area contributed by atoms with Crippen LogP contribution in [0.5, 0.6) is 0 Å². The summed E-state index contributed by atoms with van der Waals surface area (Å²) in [6.07, 6.45) is -4.42. The lowest BCUT2D eigenvalue weighted by atomic mass is 9.10. The van der Waals surface area contributed by atoms with E-state index in [-0.39, 0.29) is 5.32 Å². The van der Waals surface area contributed by atoms with E-state index in [4.69, 9.17) is 0 Å². The van der Waals surface area contributed by atoms with Crippen molar-refractivity contribution in [2.24, 2.45) is 7.05 Å². The van der Waals surface area contributed by atoms with Crippen molar-refractivity contribution < 1.29 is 88.0 Å². The predicted octanol–water partition coefficient (Wildman–Crippen LogP) is 6.52. The maximum atomic E-state index is 17.0. The molecule has 272 valence electrons. The van der Waals surface area contributed by atoms with Gasteiger partial charge in [0.05, 0.1) is 0 Å². The molecule has 0 aliphatic carbocycles. The molecule has 1 aliphatic rings. The summed E-state index contributed by atoms with van der Waals surface area (Å²) in [6.45, 7) is 0. The Hall–Kier alpha value is -5.18. The van der Waals surface area contributed by atoms with Gasteiger partial charge in [-0.15, -0.1) is 16.4 Å². The molecule has 0 fully saturated rings. The molecule has 1 aromatic heterocycles. The van der Waals surface area contributed by atoms with Crippen molar-refractivity contribution in [3.05, 3.63) is 142 Å². The maximum Gasteiger partial charge on any atom is 0.223 e. The minimum atomic E-state index is -7.29. The molecule has 22 heteroatoms. The predicted molar refractivity (Wildman–Crippen MR) is 136 cm³/mol. The van der Waals surface area contributed by atoms with Gasteiger partial charge in [0.25, 0.3) is 0 Å². The summed E-state index contributed by atoms with van der Waals surface area (Å²) in [7, 11) is 2.00. The third-order valence-corrected chi connectivity index (χ3v) is 7.59. The molecule has 1 atom stereocenters. The zero-order chi connectivity index (χ0) is 38.7. The van der Waals surface area contributed by atoms with E-state index in [9.17, 15) is 48.3 Å². The van der Waals surface area contributed by atoms with Gasteiger partial charge in [0, 0.05) is 18.2 Å². The standard InChI is InChI=1S/C23H2BF19N.C6H8N/c25-2-1-3(26)23(43,44-22(2)42)24(4-7(27)13(33)19(39)14(34)8(4)28,5-9(29)15(35)20(40)16(36)10(5)30)6-11(31)17(37)21(41)18(38)12(6)32;1-7-5-3-2-4-6-7/h1,44H;2-6H,1H3/q-1;+1. The number of allylic oxidation sites excluding steroid dienone is 2. The molecule has 2 heterocycles. The lowest BCUT2D eigenvalue weighted by Gasteiger charge is -2.53. The summed E-state index contributed by atoms with van der Waals surface area (Å²) in [5, 5.41) is 0.192. The Balaban J connectivity index is 0.000000742. The van der Waals surface area contributed by atoms with Crippen LogP contribution in [0.3, 0.4) is 0 Å². The van der Waals surface area contributed by atoms with Crippen LogP contribution in [0.25, 0.3) is 0 Å². The zero-order valence-electron chi connectivity index (χ0n) is 24.2. The molecule has 0 amide bonds. The Morgan fingerprint density at radius 1 is 0.451 bits per heavy atom. The number of halogens is 19. The number of dihydropyridines is 1. The quantitative estimate of drug-likeness (QED) is 0.0627. The second-order valence-corrected chi connectivity index (χ2v) is 10.3. The highest BCUT2D eigenvalue weighted by Gasteiger charge is 2.63. The average Bonchev–Trinajstić information content (AvgIpc) is 3.09. The molecule has 1 aliphatic heterocycles. The molecule has 2 nitrogen and oxygen atoms in total. The number of nitrogens with zero attached hydrogens (tertiary/aromatic N) is 1. The van der Waals surface area contributed by atoms with Gasteiger partial charge in [0.1, 0.15) is 53.5 Å². The molecule has 1 N–H and O–H groups in total. The van der Waals surface area contributed by atoms with Gasteiger partial charge in [-0.25, -0.2) is 79.2 Å². The molecule has 5 rings (SSSR count). The van der Waals surface area contributed by atoms with Crippen molar-refractivity contribution in [3.63, 3.8) is 0 Å². The number of hydrogen-bond acceptors (Lipinski definition) is 1. The molecule has 3 aromatic carbocycles. The van der Waals surface area contributed by atoms with Gasteiger partial charge in [-0.1, -0.05) is 6.07 Å². The van der Waals surface area contributed by atoms with Crippen molar-refractivity contribution in [1.29, 1.82) is 0 Å². The molecule has 4 aromatic rings. The number of benzene rings is 3. The van der Waals surface area contributed by atoms with E-state index in [1.54, 1.807) is 0 Å². The SMILES string of the molecule is C[n+]1ccccc1.FC1=CC(F)=C(F)NC1(F)[B-](c1c(F)c(F)c(F)c(F)c1F)(c1c(F)c(F)c(F)c(F)c1F)c1c(F)c(F)c(F)c(F)c1F. The Morgan fingerprint density at radius 3 is 0.980 bits per heavy atom. The minimum absolute atomic E-state index is 0.192. The molecule has 0 spiro atoms. The molecule has 51 heavy (non-hydrogen) atoms. The second kappa shape index (κ2) is 13.5. The summed E-state index contributed by atoms with van der Waals surface area (Å²) < 4.78 is 283. The summed E-state index contributed by atoms with van der Waals surface area (Å²) in [5.41, 5.74) is -16.7. The van der Waals surface area contributed by atoms with E-state index in [0.29, 0.717) is 0 Å². The highest BCUT2D eigenvalue weighted by molar-refractivity contribution is 7.14. The van der Waals surface area contributed by atoms with Crippen LogP contribution in [-0.2, 0) is 7.05 Å². The molecule has 0 bridgehead atoms. The monoisotopic (exact) mass is 758 g/mol. The normalized spacial score (nSPS) is 16.1. The Kier molecular flexibility index (Phi) is 10.2. The van der Waals surface area contributed by atoms with Gasteiger partial charge in [0.15, 0.2) is 76.7 Å². The largest absolute Gasteiger partial charge is 0.352 e. The molecular formula is C29H10BF19N2. The number of hydrogen-bond donors (Lipinski definition) is 1. The van der Waals surface area contributed by atoms with Crippen LogP contribution in [0.1, 0.15) is 0 Å². The van der Waals surface area contributed by atoms with Crippen LogP contribution < -0.4 is 26.3 Å². The molecular weight excluding hydrogens is 748 g/mol. The fourth-order valence-electron chi connectivity index (χ4n) is 5.39. The molecule has 0 radical (unpaired) electrons. The minimum Gasteiger partial charge on any atom is -0.352 e. The lowest BCUT2D eigenvalue weighted by Crippen LogP contribution is -2.86. The number of aryl methyl sites for hydroxylation is 1. The Labute approximate surface area is 270 Å².